The molecule has 0 spiro atoms. The van der Waals surface area contributed by atoms with Gasteiger partial charge in [-0.1, -0.05) is 20.8 Å². The highest BCUT2D eigenvalue weighted by Crippen LogP contribution is 2.31. The second kappa shape index (κ2) is 6.68. The molecule has 0 saturated heterocycles. The summed E-state index contributed by atoms with van der Waals surface area (Å²) in [5, 5.41) is 12.6. The number of hydrogen-bond donors (Lipinski definition) is 4. The molecule has 1 atom stereocenters. The molecule has 1 rings (SSSR count). The van der Waals surface area contributed by atoms with Crippen LogP contribution in [0.3, 0.4) is 0 Å². The standard InChI is InChI=1S/C13H25N5O/c1-5-13(4,6-7-19)17-11-10(9(2)3)12(18-14)16-8-15-11/h8-9,19H,5-7,14H2,1-4H3,(H2,15,16,17,18). The third kappa shape index (κ3) is 3.78. The van der Waals surface area contributed by atoms with Gasteiger partial charge in [-0.15, -0.1) is 0 Å². The molecule has 1 unspecified atom stereocenters. The molecule has 0 bridgehead atoms. The lowest BCUT2D eigenvalue weighted by Crippen LogP contribution is -2.36. The molecule has 0 aromatic carbocycles. The van der Waals surface area contributed by atoms with E-state index >= 15 is 0 Å². The molecular formula is C13H25N5O. The number of hydrazine groups is 1. The molecule has 0 fully saturated rings. The molecule has 0 aliphatic rings. The lowest BCUT2D eigenvalue weighted by Gasteiger charge is -2.31. The minimum Gasteiger partial charge on any atom is -0.396 e. The fraction of sp³-hybridized carbons (Fsp3) is 0.692. The van der Waals surface area contributed by atoms with E-state index in [0.29, 0.717) is 12.2 Å². The number of nitrogen functional groups attached to an aromatic ring is 1. The fourth-order valence-electron chi connectivity index (χ4n) is 2.02. The molecule has 108 valence electrons. The summed E-state index contributed by atoms with van der Waals surface area (Å²) in [7, 11) is 0. The van der Waals surface area contributed by atoms with Gasteiger partial charge in [0.25, 0.3) is 0 Å². The summed E-state index contributed by atoms with van der Waals surface area (Å²) in [6.07, 6.45) is 3.04. The van der Waals surface area contributed by atoms with Gasteiger partial charge in [0.05, 0.1) is 0 Å². The first-order valence-electron chi connectivity index (χ1n) is 6.68. The van der Waals surface area contributed by atoms with Crippen LogP contribution in [0.4, 0.5) is 11.6 Å². The topological polar surface area (TPSA) is 96.1 Å². The number of nitrogens with two attached hydrogens (primary N) is 1. The van der Waals surface area contributed by atoms with E-state index < -0.39 is 0 Å². The Kier molecular flexibility index (Phi) is 5.50. The van der Waals surface area contributed by atoms with Crippen molar-refractivity contribution in [2.24, 2.45) is 5.84 Å². The van der Waals surface area contributed by atoms with E-state index in [2.05, 4.69) is 48.4 Å². The van der Waals surface area contributed by atoms with Crippen LogP contribution >= 0.6 is 0 Å². The number of aliphatic hydroxyl groups is 1. The number of aromatic nitrogens is 2. The van der Waals surface area contributed by atoms with Gasteiger partial charge >= 0.3 is 0 Å². The number of anilines is 2. The summed E-state index contributed by atoms with van der Waals surface area (Å²) in [5.41, 5.74) is 3.38. The Bertz CT molecular complexity index is 410. The van der Waals surface area contributed by atoms with E-state index in [1.54, 1.807) is 0 Å². The number of nitrogens with one attached hydrogen (secondary N) is 2. The largest absolute Gasteiger partial charge is 0.396 e. The molecule has 1 aromatic rings. The lowest BCUT2D eigenvalue weighted by atomic mass is 9.94. The molecule has 6 nitrogen and oxygen atoms in total. The van der Waals surface area contributed by atoms with Crippen LogP contribution in [0.5, 0.6) is 0 Å². The molecule has 1 aromatic heterocycles. The maximum absolute atomic E-state index is 9.19. The van der Waals surface area contributed by atoms with Crippen molar-refractivity contribution in [1.29, 1.82) is 0 Å². The lowest BCUT2D eigenvalue weighted by molar-refractivity contribution is 0.251. The van der Waals surface area contributed by atoms with Crippen LogP contribution in [0.25, 0.3) is 0 Å². The van der Waals surface area contributed by atoms with Crippen LogP contribution in [-0.4, -0.2) is 27.2 Å². The second-order valence-electron chi connectivity index (χ2n) is 5.30. The SMILES string of the molecule is CCC(C)(CCO)Nc1ncnc(NN)c1C(C)C. The van der Waals surface area contributed by atoms with Crippen LogP contribution in [0.1, 0.15) is 52.0 Å². The first-order valence-corrected chi connectivity index (χ1v) is 6.68. The van der Waals surface area contributed by atoms with Gasteiger partial charge in [-0.3, -0.25) is 0 Å². The molecule has 19 heavy (non-hydrogen) atoms. The number of nitrogens with zero attached hydrogens (tertiary/aromatic N) is 2. The molecule has 0 aliphatic carbocycles. The van der Waals surface area contributed by atoms with Crippen LogP contribution in [0, 0.1) is 0 Å². The van der Waals surface area contributed by atoms with E-state index in [4.69, 9.17) is 5.84 Å². The first-order chi connectivity index (χ1) is 8.97. The summed E-state index contributed by atoms with van der Waals surface area (Å²) in [4.78, 5) is 8.47. The molecule has 5 N–H and O–H groups in total. The Morgan fingerprint density at radius 1 is 1.37 bits per heavy atom. The number of aliphatic hydroxyl groups excluding tert-OH is 1. The van der Waals surface area contributed by atoms with E-state index in [1.165, 1.54) is 6.33 Å². The highest BCUT2D eigenvalue weighted by molar-refractivity contribution is 5.59. The summed E-state index contributed by atoms with van der Waals surface area (Å²) in [5.74, 6) is 7.15. The zero-order chi connectivity index (χ0) is 14.5. The summed E-state index contributed by atoms with van der Waals surface area (Å²) >= 11 is 0. The van der Waals surface area contributed by atoms with E-state index in [1.807, 2.05) is 0 Å². The van der Waals surface area contributed by atoms with Crippen molar-refractivity contribution < 1.29 is 5.11 Å². The van der Waals surface area contributed by atoms with Crippen LogP contribution in [0.15, 0.2) is 6.33 Å². The van der Waals surface area contributed by atoms with Crippen LogP contribution < -0.4 is 16.6 Å². The highest BCUT2D eigenvalue weighted by Gasteiger charge is 2.24. The molecule has 0 saturated carbocycles. The van der Waals surface area contributed by atoms with E-state index in [0.717, 1.165) is 17.8 Å². The smallest absolute Gasteiger partial charge is 0.148 e. The van der Waals surface area contributed by atoms with Crippen molar-refractivity contribution >= 4 is 11.6 Å². The maximum atomic E-state index is 9.19. The first kappa shape index (κ1) is 15.7. The van der Waals surface area contributed by atoms with Gasteiger partial charge < -0.3 is 15.8 Å². The van der Waals surface area contributed by atoms with Gasteiger partial charge in [0.2, 0.25) is 0 Å². The molecule has 6 heteroatoms. The summed E-state index contributed by atoms with van der Waals surface area (Å²) in [6.45, 7) is 8.44. The second-order valence-corrected chi connectivity index (χ2v) is 5.30. The van der Waals surface area contributed by atoms with Gasteiger partial charge in [-0.25, -0.2) is 15.8 Å². The predicted molar refractivity (Wildman–Crippen MR) is 78.0 cm³/mol. The van der Waals surface area contributed by atoms with Gasteiger partial charge in [-0.05, 0) is 25.7 Å². The van der Waals surface area contributed by atoms with Crippen LogP contribution in [-0.2, 0) is 0 Å². The van der Waals surface area contributed by atoms with Crippen LogP contribution in [0.2, 0.25) is 0 Å². The summed E-state index contributed by atoms with van der Waals surface area (Å²) in [6, 6.07) is 0. The monoisotopic (exact) mass is 267 g/mol. The molecule has 0 radical (unpaired) electrons. The number of hydrogen-bond acceptors (Lipinski definition) is 6. The van der Waals surface area contributed by atoms with Gasteiger partial charge in [0, 0.05) is 17.7 Å². The molecular weight excluding hydrogens is 242 g/mol. The minimum atomic E-state index is -0.196. The third-order valence-electron chi connectivity index (χ3n) is 3.46. The Labute approximate surface area is 114 Å². The minimum absolute atomic E-state index is 0.140. The molecule has 0 amide bonds. The van der Waals surface area contributed by atoms with Crippen molar-refractivity contribution in [2.45, 2.75) is 52.0 Å². The van der Waals surface area contributed by atoms with E-state index in [9.17, 15) is 5.11 Å². The van der Waals surface area contributed by atoms with Crippen molar-refractivity contribution in [1.82, 2.24) is 9.97 Å². The Balaban J connectivity index is 3.12. The van der Waals surface area contributed by atoms with Gasteiger partial charge in [-0.2, -0.15) is 0 Å². The zero-order valence-corrected chi connectivity index (χ0v) is 12.2. The molecule has 1 heterocycles. The van der Waals surface area contributed by atoms with Crippen molar-refractivity contribution in [2.75, 3.05) is 17.3 Å². The van der Waals surface area contributed by atoms with Crippen molar-refractivity contribution in [3.63, 3.8) is 0 Å². The molecule has 0 aliphatic heterocycles. The Hall–Kier alpha value is -1.40. The Morgan fingerprint density at radius 3 is 2.47 bits per heavy atom. The van der Waals surface area contributed by atoms with Crippen molar-refractivity contribution in [3.05, 3.63) is 11.9 Å². The maximum Gasteiger partial charge on any atom is 0.148 e. The zero-order valence-electron chi connectivity index (χ0n) is 12.2. The van der Waals surface area contributed by atoms with Gasteiger partial charge in [0.1, 0.15) is 18.0 Å². The highest BCUT2D eigenvalue weighted by atomic mass is 16.3. The average molecular weight is 267 g/mol. The number of rotatable bonds is 7. The normalized spacial score (nSPS) is 14.3. The Morgan fingerprint density at radius 2 is 2.00 bits per heavy atom. The van der Waals surface area contributed by atoms with Gasteiger partial charge in [0.15, 0.2) is 0 Å². The predicted octanol–water partition coefficient (Wildman–Crippen LogP) is 1.85. The quantitative estimate of drug-likeness (QED) is 0.445. The average Bonchev–Trinajstić information content (AvgIpc) is 2.38. The van der Waals surface area contributed by atoms with E-state index in [-0.39, 0.29) is 18.1 Å². The van der Waals surface area contributed by atoms with Crippen molar-refractivity contribution in [3.8, 4) is 0 Å². The third-order valence-corrected chi connectivity index (χ3v) is 3.46. The fourth-order valence-corrected chi connectivity index (χ4v) is 2.02. The summed E-state index contributed by atoms with van der Waals surface area (Å²) < 4.78 is 0.